The first kappa shape index (κ1) is 10.4. The number of methoxy groups -OCH3 is 2. The van der Waals surface area contributed by atoms with Crippen LogP contribution in [0.25, 0.3) is 0 Å². The maximum absolute atomic E-state index is 4.60. The molecule has 0 saturated heterocycles. The Morgan fingerprint density at radius 3 is 2.14 bits per heavy atom. The second-order valence-electron chi connectivity index (χ2n) is 0.858. The van der Waals surface area contributed by atoms with Gasteiger partial charge in [0.2, 0.25) is 0 Å². The SMILES string of the molecule is CO[CH-]COC.[Ni]. The summed E-state index contributed by atoms with van der Waals surface area (Å²) in [5.41, 5.74) is 0. The molecule has 0 fully saturated rings. The van der Waals surface area contributed by atoms with Gasteiger partial charge in [-0.2, -0.15) is 6.61 Å². The van der Waals surface area contributed by atoms with Gasteiger partial charge in [0.05, 0.1) is 0 Å². The fraction of sp³-hybridized carbons (Fsp3) is 0.750. The van der Waals surface area contributed by atoms with E-state index in [2.05, 4.69) is 9.47 Å². The molecule has 3 heteroatoms. The van der Waals surface area contributed by atoms with Crippen LogP contribution in [0.5, 0.6) is 0 Å². The summed E-state index contributed by atoms with van der Waals surface area (Å²) in [4.78, 5) is 0. The van der Waals surface area contributed by atoms with Crippen molar-refractivity contribution in [2.75, 3.05) is 20.8 Å². The van der Waals surface area contributed by atoms with E-state index in [0.29, 0.717) is 6.61 Å². The third-order valence-corrected chi connectivity index (χ3v) is 0.401. The fourth-order valence-electron chi connectivity index (χ4n) is 0.136. The average molecular weight is 148 g/mol. The van der Waals surface area contributed by atoms with E-state index in [1.54, 1.807) is 20.8 Å². The van der Waals surface area contributed by atoms with Gasteiger partial charge in [-0.3, -0.25) is 0 Å². The average Bonchev–Trinajstić information content (AvgIpc) is 1.61. The van der Waals surface area contributed by atoms with E-state index < -0.39 is 0 Å². The van der Waals surface area contributed by atoms with Crippen molar-refractivity contribution in [1.29, 1.82) is 0 Å². The number of rotatable bonds is 3. The first-order chi connectivity index (χ1) is 2.91. The van der Waals surface area contributed by atoms with E-state index >= 15 is 0 Å². The Hall–Kier alpha value is 0.414. The quantitative estimate of drug-likeness (QED) is 0.328. The van der Waals surface area contributed by atoms with Gasteiger partial charge in [0, 0.05) is 23.6 Å². The molecular weight excluding hydrogens is 139 g/mol. The Morgan fingerprint density at radius 1 is 1.43 bits per heavy atom. The minimum Gasteiger partial charge on any atom is -0.552 e. The van der Waals surface area contributed by atoms with E-state index in [1.807, 2.05) is 0 Å². The van der Waals surface area contributed by atoms with Crippen LogP contribution in [0.15, 0.2) is 0 Å². The third-order valence-electron chi connectivity index (χ3n) is 0.401. The van der Waals surface area contributed by atoms with Gasteiger partial charge in [-0.25, -0.2) is 0 Å². The summed E-state index contributed by atoms with van der Waals surface area (Å²) in [6, 6.07) is 0. The maximum Gasteiger partial charge on any atom is 0.0320 e. The zero-order valence-corrected chi connectivity index (χ0v) is 5.40. The summed E-state index contributed by atoms with van der Waals surface area (Å²) in [6.07, 6.45) is 0. The molecule has 0 radical (unpaired) electrons. The van der Waals surface area contributed by atoms with Crippen molar-refractivity contribution in [3.63, 3.8) is 0 Å². The van der Waals surface area contributed by atoms with Crippen LogP contribution in [-0.4, -0.2) is 20.8 Å². The first-order valence-electron chi connectivity index (χ1n) is 1.75. The summed E-state index contributed by atoms with van der Waals surface area (Å²) in [5, 5.41) is 0. The van der Waals surface area contributed by atoms with Crippen molar-refractivity contribution < 1.29 is 26.0 Å². The van der Waals surface area contributed by atoms with Crippen LogP contribution in [-0.2, 0) is 26.0 Å². The van der Waals surface area contributed by atoms with Gasteiger partial charge in [-0.15, -0.1) is 0 Å². The molecule has 0 aromatic rings. The Balaban J connectivity index is 0. The van der Waals surface area contributed by atoms with Crippen molar-refractivity contribution in [3.8, 4) is 0 Å². The largest absolute Gasteiger partial charge is 0.552 e. The van der Waals surface area contributed by atoms with Crippen molar-refractivity contribution in [3.05, 3.63) is 6.61 Å². The number of hydrogen-bond acceptors (Lipinski definition) is 2. The Kier molecular flexibility index (Phi) is 14.3. The molecule has 48 valence electrons. The topological polar surface area (TPSA) is 18.5 Å². The summed E-state index contributed by atoms with van der Waals surface area (Å²) in [5.74, 6) is 0. The molecule has 0 N–H and O–H groups in total. The molecule has 0 aliphatic carbocycles. The van der Waals surface area contributed by atoms with E-state index in [-0.39, 0.29) is 16.5 Å². The summed E-state index contributed by atoms with van der Waals surface area (Å²) < 4.78 is 9.13. The van der Waals surface area contributed by atoms with Crippen LogP contribution < -0.4 is 0 Å². The van der Waals surface area contributed by atoms with Crippen LogP contribution in [0.4, 0.5) is 0 Å². The van der Waals surface area contributed by atoms with Crippen LogP contribution in [0.2, 0.25) is 0 Å². The maximum atomic E-state index is 4.60. The Bertz CT molecular complexity index is 21.7. The van der Waals surface area contributed by atoms with Crippen LogP contribution in [0.3, 0.4) is 0 Å². The molecule has 0 unspecified atom stereocenters. The van der Waals surface area contributed by atoms with Gasteiger partial charge >= 0.3 is 0 Å². The molecule has 2 nitrogen and oxygen atoms in total. The fourth-order valence-corrected chi connectivity index (χ4v) is 0.136. The molecule has 0 bridgehead atoms. The van der Waals surface area contributed by atoms with Crippen LogP contribution in [0, 0.1) is 6.61 Å². The van der Waals surface area contributed by atoms with Crippen molar-refractivity contribution in [2.24, 2.45) is 0 Å². The number of ether oxygens (including phenoxy) is 2. The van der Waals surface area contributed by atoms with Gasteiger partial charge in [0.1, 0.15) is 0 Å². The molecule has 0 amide bonds. The van der Waals surface area contributed by atoms with Gasteiger partial charge in [-0.05, 0) is 7.11 Å². The smallest absolute Gasteiger partial charge is 0.0320 e. The molecule has 7 heavy (non-hydrogen) atoms. The molecule has 0 atom stereocenters. The minimum atomic E-state index is 0. The summed E-state index contributed by atoms with van der Waals surface area (Å²) in [7, 11) is 3.22. The molecular formula is C4H9NiO2-. The van der Waals surface area contributed by atoms with E-state index in [9.17, 15) is 0 Å². The predicted molar refractivity (Wildman–Crippen MR) is 23.2 cm³/mol. The Labute approximate surface area is 54.1 Å². The van der Waals surface area contributed by atoms with Gasteiger partial charge in [0.15, 0.2) is 0 Å². The van der Waals surface area contributed by atoms with Crippen LogP contribution in [0.1, 0.15) is 0 Å². The normalized spacial score (nSPS) is 7.71. The zero-order chi connectivity index (χ0) is 4.83. The molecule has 0 aliphatic rings. The summed E-state index contributed by atoms with van der Waals surface area (Å²) >= 11 is 0. The zero-order valence-electron chi connectivity index (χ0n) is 4.42. The molecule has 0 aliphatic heterocycles. The van der Waals surface area contributed by atoms with Crippen molar-refractivity contribution in [2.45, 2.75) is 0 Å². The van der Waals surface area contributed by atoms with Gasteiger partial charge < -0.3 is 9.47 Å². The van der Waals surface area contributed by atoms with Gasteiger partial charge in [-0.1, -0.05) is 6.61 Å². The molecule has 0 aromatic heterocycles. The van der Waals surface area contributed by atoms with Gasteiger partial charge in [0.25, 0.3) is 0 Å². The molecule has 0 heterocycles. The second-order valence-corrected chi connectivity index (χ2v) is 0.858. The standard InChI is InChI=1S/C4H9O2.Ni/c1-5-3-4-6-2;/h3H,4H2,1-2H3;/q-1;. The molecule has 0 rings (SSSR count). The Morgan fingerprint density at radius 2 is 2.00 bits per heavy atom. The second kappa shape index (κ2) is 9.65. The van der Waals surface area contributed by atoms with E-state index in [1.165, 1.54) is 0 Å². The summed E-state index contributed by atoms with van der Waals surface area (Å²) in [6.45, 7) is 2.15. The van der Waals surface area contributed by atoms with E-state index in [0.717, 1.165) is 0 Å². The predicted octanol–water partition coefficient (Wildman–Crippen LogP) is 0.438. The molecule has 0 aromatic carbocycles. The van der Waals surface area contributed by atoms with Crippen molar-refractivity contribution >= 4 is 0 Å². The molecule has 0 spiro atoms. The molecule has 0 saturated carbocycles. The monoisotopic (exact) mass is 147 g/mol. The van der Waals surface area contributed by atoms with Crippen molar-refractivity contribution in [1.82, 2.24) is 0 Å². The minimum absolute atomic E-state index is 0. The van der Waals surface area contributed by atoms with E-state index in [4.69, 9.17) is 0 Å². The third kappa shape index (κ3) is 10.7. The first-order valence-corrected chi connectivity index (χ1v) is 1.75. The number of hydrogen-bond donors (Lipinski definition) is 0. The van der Waals surface area contributed by atoms with Crippen LogP contribution >= 0.6 is 0 Å².